The Hall–Kier alpha value is -1.81. The number of aryl methyl sites for hydroxylation is 1. The first-order valence-corrected chi connectivity index (χ1v) is 5.64. The average molecular weight is 232 g/mol. The van der Waals surface area contributed by atoms with E-state index in [9.17, 15) is 0 Å². The largest absolute Gasteiger partial charge is 0.494 e. The van der Waals surface area contributed by atoms with Gasteiger partial charge in [0.2, 0.25) is 0 Å². The summed E-state index contributed by atoms with van der Waals surface area (Å²) in [6, 6.07) is 7.78. The Labute approximate surface area is 100 Å². The molecule has 0 bridgehead atoms. The lowest BCUT2D eigenvalue weighted by atomic mass is 10.1. The number of nitrogens with zero attached hydrogens (tertiary/aromatic N) is 1. The number of benzene rings is 1. The molecule has 0 fully saturated rings. The number of rotatable bonds is 4. The van der Waals surface area contributed by atoms with Crippen LogP contribution in [0.5, 0.6) is 5.75 Å². The molecule has 4 nitrogen and oxygen atoms in total. The molecule has 2 aromatic rings. The zero-order valence-corrected chi connectivity index (χ0v) is 10.1. The average Bonchev–Trinajstić information content (AvgIpc) is 2.80. The number of hydrogen-bond donors (Lipinski definition) is 1. The minimum Gasteiger partial charge on any atom is -0.494 e. The predicted molar refractivity (Wildman–Crippen MR) is 65.7 cm³/mol. The summed E-state index contributed by atoms with van der Waals surface area (Å²) in [6.45, 7) is 5.03. The first-order valence-electron chi connectivity index (χ1n) is 5.64. The maximum atomic E-state index is 5.49. The predicted octanol–water partition coefficient (Wildman–Crippen LogP) is 2.51. The third-order valence-corrected chi connectivity index (χ3v) is 2.53. The van der Waals surface area contributed by atoms with E-state index in [2.05, 4.69) is 5.16 Å². The zero-order valence-electron chi connectivity index (χ0n) is 10.1. The highest BCUT2D eigenvalue weighted by Gasteiger charge is 2.07. The Morgan fingerprint density at radius 3 is 2.76 bits per heavy atom. The Balaban J connectivity index is 2.30. The van der Waals surface area contributed by atoms with Gasteiger partial charge in [-0.2, -0.15) is 0 Å². The van der Waals surface area contributed by atoms with Gasteiger partial charge < -0.3 is 15.0 Å². The van der Waals surface area contributed by atoms with Gasteiger partial charge in [0.1, 0.15) is 5.75 Å². The van der Waals surface area contributed by atoms with Gasteiger partial charge in [0, 0.05) is 18.2 Å². The topological polar surface area (TPSA) is 61.3 Å². The molecule has 0 aliphatic carbocycles. The third-order valence-electron chi connectivity index (χ3n) is 2.53. The summed E-state index contributed by atoms with van der Waals surface area (Å²) in [4.78, 5) is 0. The molecule has 1 heterocycles. The second-order valence-electron chi connectivity index (χ2n) is 3.80. The fraction of sp³-hybridized carbons (Fsp3) is 0.308. The summed E-state index contributed by atoms with van der Waals surface area (Å²) in [5, 5.41) is 3.87. The first-order chi connectivity index (χ1) is 8.24. The highest BCUT2D eigenvalue weighted by Crippen LogP contribution is 2.26. The van der Waals surface area contributed by atoms with Gasteiger partial charge in [-0.25, -0.2) is 0 Å². The monoisotopic (exact) mass is 232 g/mol. The zero-order chi connectivity index (χ0) is 12.3. The van der Waals surface area contributed by atoms with Crippen LogP contribution in [0.15, 0.2) is 28.8 Å². The molecule has 0 amide bonds. The van der Waals surface area contributed by atoms with Crippen molar-refractivity contribution < 1.29 is 9.26 Å². The molecule has 0 radical (unpaired) electrons. The van der Waals surface area contributed by atoms with E-state index in [-0.39, 0.29) is 0 Å². The molecule has 0 saturated heterocycles. The van der Waals surface area contributed by atoms with Crippen LogP contribution >= 0.6 is 0 Å². The van der Waals surface area contributed by atoms with E-state index in [1.807, 2.05) is 38.1 Å². The van der Waals surface area contributed by atoms with Crippen LogP contribution in [-0.2, 0) is 6.54 Å². The fourth-order valence-electron chi connectivity index (χ4n) is 1.66. The van der Waals surface area contributed by atoms with E-state index in [1.165, 1.54) is 0 Å². The van der Waals surface area contributed by atoms with Crippen LogP contribution in [-0.4, -0.2) is 11.8 Å². The SMILES string of the molecule is CCOc1ccc(-c2cc(CN)no2)cc1C. The van der Waals surface area contributed by atoms with Gasteiger partial charge in [0.05, 0.1) is 12.3 Å². The van der Waals surface area contributed by atoms with Crippen LogP contribution in [0.1, 0.15) is 18.2 Å². The maximum Gasteiger partial charge on any atom is 0.167 e. The Morgan fingerprint density at radius 2 is 2.18 bits per heavy atom. The van der Waals surface area contributed by atoms with Gasteiger partial charge in [0.15, 0.2) is 5.76 Å². The van der Waals surface area contributed by atoms with Crippen LogP contribution in [0.25, 0.3) is 11.3 Å². The van der Waals surface area contributed by atoms with E-state index < -0.39 is 0 Å². The number of hydrogen-bond acceptors (Lipinski definition) is 4. The molecule has 0 spiro atoms. The van der Waals surface area contributed by atoms with E-state index in [1.54, 1.807) is 0 Å². The van der Waals surface area contributed by atoms with Gasteiger partial charge in [-0.1, -0.05) is 5.16 Å². The smallest absolute Gasteiger partial charge is 0.167 e. The molecule has 4 heteroatoms. The van der Waals surface area contributed by atoms with Crippen molar-refractivity contribution in [2.24, 2.45) is 5.73 Å². The van der Waals surface area contributed by atoms with Crippen LogP contribution < -0.4 is 10.5 Å². The summed E-state index contributed by atoms with van der Waals surface area (Å²) < 4.78 is 10.7. The van der Waals surface area contributed by atoms with Gasteiger partial charge in [-0.3, -0.25) is 0 Å². The lowest BCUT2D eigenvalue weighted by Gasteiger charge is -2.07. The van der Waals surface area contributed by atoms with Crippen LogP contribution in [0.3, 0.4) is 0 Å². The van der Waals surface area contributed by atoms with E-state index in [0.717, 1.165) is 28.3 Å². The van der Waals surface area contributed by atoms with Crippen LogP contribution in [0.4, 0.5) is 0 Å². The van der Waals surface area contributed by atoms with Crippen LogP contribution in [0.2, 0.25) is 0 Å². The highest BCUT2D eigenvalue weighted by atomic mass is 16.5. The van der Waals surface area contributed by atoms with Gasteiger partial charge in [-0.15, -0.1) is 0 Å². The van der Waals surface area contributed by atoms with E-state index in [4.69, 9.17) is 15.0 Å². The molecule has 0 unspecified atom stereocenters. The third kappa shape index (κ3) is 2.47. The Morgan fingerprint density at radius 1 is 1.35 bits per heavy atom. The molecule has 0 atom stereocenters. The molecule has 0 aliphatic rings. The molecule has 1 aromatic heterocycles. The number of ether oxygens (including phenoxy) is 1. The number of aromatic nitrogens is 1. The van der Waals surface area contributed by atoms with Gasteiger partial charge >= 0.3 is 0 Å². The van der Waals surface area contributed by atoms with Crippen molar-refractivity contribution in [2.45, 2.75) is 20.4 Å². The van der Waals surface area contributed by atoms with Crippen molar-refractivity contribution in [3.8, 4) is 17.1 Å². The molecule has 17 heavy (non-hydrogen) atoms. The molecular formula is C13H16N2O2. The van der Waals surface area contributed by atoms with Crippen molar-refractivity contribution in [3.05, 3.63) is 35.5 Å². The molecule has 0 aliphatic heterocycles. The quantitative estimate of drug-likeness (QED) is 0.879. The standard InChI is InChI=1S/C13H16N2O2/c1-3-16-12-5-4-10(6-9(12)2)13-7-11(8-14)15-17-13/h4-7H,3,8,14H2,1-2H3. The van der Waals surface area contributed by atoms with Crippen molar-refractivity contribution in [1.29, 1.82) is 0 Å². The van der Waals surface area contributed by atoms with Crippen molar-refractivity contribution in [2.75, 3.05) is 6.61 Å². The Bertz CT molecular complexity index is 506. The second kappa shape index (κ2) is 5.01. The molecule has 0 saturated carbocycles. The molecule has 90 valence electrons. The molecule has 1 aromatic carbocycles. The lowest BCUT2D eigenvalue weighted by Crippen LogP contribution is -1.95. The highest BCUT2D eigenvalue weighted by molar-refractivity contribution is 5.60. The normalized spacial score (nSPS) is 10.5. The summed E-state index contributed by atoms with van der Waals surface area (Å²) in [7, 11) is 0. The minimum absolute atomic E-state index is 0.388. The molecule has 2 rings (SSSR count). The van der Waals surface area contributed by atoms with E-state index in [0.29, 0.717) is 13.2 Å². The molecular weight excluding hydrogens is 216 g/mol. The minimum atomic E-state index is 0.388. The summed E-state index contributed by atoms with van der Waals surface area (Å²) in [5.74, 6) is 1.63. The van der Waals surface area contributed by atoms with Crippen molar-refractivity contribution in [1.82, 2.24) is 5.16 Å². The first kappa shape index (κ1) is 11.7. The summed E-state index contributed by atoms with van der Waals surface area (Å²) in [6.07, 6.45) is 0. The van der Waals surface area contributed by atoms with Crippen molar-refractivity contribution in [3.63, 3.8) is 0 Å². The number of nitrogens with two attached hydrogens (primary N) is 1. The fourth-order valence-corrected chi connectivity index (χ4v) is 1.66. The summed E-state index contributed by atoms with van der Waals surface area (Å²) >= 11 is 0. The summed E-state index contributed by atoms with van der Waals surface area (Å²) in [5.41, 5.74) is 8.31. The maximum absolute atomic E-state index is 5.49. The van der Waals surface area contributed by atoms with Gasteiger partial charge in [-0.05, 0) is 37.6 Å². The van der Waals surface area contributed by atoms with Crippen LogP contribution in [0, 0.1) is 6.92 Å². The Kier molecular flexibility index (Phi) is 3.44. The van der Waals surface area contributed by atoms with Crippen molar-refractivity contribution >= 4 is 0 Å². The van der Waals surface area contributed by atoms with E-state index >= 15 is 0 Å². The molecule has 2 N–H and O–H groups in total. The second-order valence-corrected chi connectivity index (χ2v) is 3.80. The van der Waals surface area contributed by atoms with Gasteiger partial charge in [0.25, 0.3) is 0 Å². The lowest BCUT2D eigenvalue weighted by molar-refractivity contribution is 0.338.